The average Bonchev–Trinajstić information content (AvgIpc) is 2.49. The van der Waals surface area contributed by atoms with Crippen LogP contribution in [0.2, 0.25) is 0 Å². The first kappa shape index (κ1) is 10.4. The lowest BCUT2D eigenvalue weighted by molar-refractivity contribution is 0.346. The first-order valence-electron chi connectivity index (χ1n) is 4.27. The SMILES string of the molecule is CC(C)(C)C(CN)Nc1ncns1. The minimum absolute atomic E-state index is 0.139. The van der Waals surface area contributed by atoms with Gasteiger partial charge in [0.2, 0.25) is 5.13 Å². The minimum atomic E-state index is 0.139. The van der Waals surface area contributed by atoms with Crippen molar-refractivity contribution in [3.63, 3.8) is 0 Å². The molecular weight excluding hydrogens is 184 g/mol. The van der Waals surface area contributed by atoms with Crippen LogP contribution in [0.3, 0.4) is 0 Å². The van der Waals surface area contributed by atoms with Crippen LogP contribution >= 0.6 is 11.5 Å². The van der Waals surface area contributed by atoms with E-state index in [9.17, 15) is 0 Å². The van der Waals surface area contributed by atoms with Gasteiger partial charge in [0.05, 0.1) is 0 Å². The summed E-state index contributed by atoms with van der Waals surface area (Å²) in [5.74, 6) is 0. The van der Waals surface area contributed by atoms with Gasteiger partial charge in [-0.3, -0.25) is 0 Å². The van der Waals surface area contributed by atoms with Crippen LogP contribution in [0.1, 0.15) is 20.8 Å². The highest BCUT2D eigenvalue weighted by molar-refractivity contribution is 7.09. The van der Waals surface area contributed by atoms with Crippen LogP contribution in [0, 0.1) is 5.41 Å². The molecular formula is C8H16N4S. The van der Waals surface area contributed by atoms with Crippen molar-refractivity contribution in [3.05, 3.63) is 6.33 Å². The summed E-state index contributed by atoms with van der Waals surface area (Å²) >= 11 is 1.35. The molecule has 0 fully saturated rings. The van der Waals surface area contributed by atoms with Crippen molar-refractivity contribution >= 4 is 16.7 Å². The van der Waals surface area contributed by atoms with E-state index in [1.165, 1.54) is 11.5 Å². The Hall–Kier alpha value is -0.680. The van der Waals surface area contributed by atoms with E-state index in [0.29, 0.717) is 6.54 Å². The summed E-state index contributed by atoms with van der Waals surface area (Å²) < 4.78 is 3.92. The predicted octanol–water partition coefficient (Wildman–Crippen LogP) is 1.32. The smallest absolute Gasteiger partial charge is 0.202 e. The first-order valence-corrected chi connectivity index (χ1v) is 5.04. The van der Waals surface area contributed by atoms with Gasteiger partial charge >= 0.3 is 0 Å². The third-order valence-electron chi connectivity index (χ3n) is 1.94. The monoisotopic (exact) mass is 200 g/mol. The normalized spacial score (nSPS) is 14.2. The Labute approximate surface area is 82.7 Å². The molecule has 0 aliphatic rings. The number of hydrogen-bond acceptors (Lipinski definition) is 5. The molecule has 0 spiro atoms. The molecule has 0 aliphatic heterocycles. The molecule has 1 rings (SSSR count). The largest absolute Gasteiger partial charge is 0.356 e. The van der Waals surface area contributed by atoms with Crippen molar-refractivity contribution in [1.29, 1.82) is 0 Å². The Bertz CT molecular complexity index is 239. The number of hydrogen-bond donors (Lipinski definition) is 2. The van der Waals surface area contributed by atoms with Gasteiger partial charge in [0.15, 0.2) is 0 Å². The van der Waals surface area contributed by atoms with E-state index >= 15 is 0 Å². The maximum Gasteiger partial charge on any atom is 0.202 e. The molecule has 1 unspecified atom stereocenters. The van der Waals surface area contributed by atoms with Crippen LogP contribution in [0.15, 0.2) is 6.33 Å². The summed E-state index contributed by atoms with van der Waals surface area (Å²) in [6.07, 6.45) is 1.54. The number of nitrogens with zero attached hydrogens (tertiary/aromatic N) is 2. The molecule has 0 saturated carbocycles. The molecule has 1 atom stereocenters. The van der Waals surface area contributed by atoms with Crippen LogP contribution in [0.25, 0.3) is 0 Å². The second-order valence-corrected chi connectivity index (χ2v) is 4.83. The highest BCUT2D eigenvalue weighted by Gasteiger charge is 2.23. The molecule has 0 aromatic carbocycles. The van der Waals surface area contributed by atoms with Gasteiger partial charge < -0.3 is 11.1 Å². The number of nitrogens with two attached hydrogens (primary N) is 1. The third-order valence-corrected chi connectivity index (χ3v) is 2.54. The molecule has 1 aromatic heterocycles. The van der Waals surface area contributed by atoms with Crippen LogP contribution in [0.5, 0.6) is 0 Å². The zero-order valence-electron chi connectivity index (χ0n) is 8.24. The summed E-state index contributed by atoms with van der Waals surface area (Å²) in [7, 11) is 0. The summed E-state index contributed by atoms with van der Waals surface area (Å²) in [4.78, 5) is 4.06. The topological polar surface area (TPSA) is 63.8 Å². The Morgan fingerprint density at radius 1 is 1.62 bits per heavy atom. The van der Waals surface area contributed by atoms with Crippen molar-refractivity contribution in [3.8, 4) is 0 Å². The molecule has 0 bridgehead atoms. The zero-order chi connectivity index (χ0) is 9.90. The minimum Gasteiger partial charge on any atom is -0.356 e. The Kier molecular flexibility index (Phi) is 3.22. The summed E-state index contributed by atoms with van der Waals surface area (Å²) in [5.41, 5.74) is 5.81. The van der Waals surface area contributed by atoms with Gasteiger partial charge in [0.1, 0.15) is 6.33 Å². The molecule has 1 heterocycles. The van der Waals surface area contributed by atoms with E-state index in [1.807, 2.05) is 0 Å². The van der Waals surface area contributed by atoms with Crippen LogP contribution < -0.4 is 11.1 Å². The van der Waals surface area contributed by atoms with Gasteiger partial charge in [0, 0.05) is 24.1 Å². The summed E-state index contributed by atoms with van der Waals surface area (Å²) in [6.45, 7) is 7.05. The van der Waals surface area contributed by atoms with E-state index in [4.69, 9.17) is 5.73 Å². The van der Waals surface area contributed by atoms with E-state index < -0.39 is 0 Å². The fourth-order valence-electron chi connectivity index (χ4n) is 1.01. The number of aromatic nitrogens is 2. The lowest BCUT2D eigenvalue weighted by Crippen LogP contribution is -2.40. The van der Waals surface area contributed by atoms with Gasteiger partial charge in [-0.15, -0.1) is 0 Å². The van der Waals surface area contributed by atoms with Crippen molar-refractivity contribution in [2.45, 2.75) is 26.8 Å². The van der Waals surface area contributed by atoms with Crippen molar-refractivity contribution in [2.24, 2.45) is 11.1 Å². The van der Waals surface area contributed by atoms with Gasteiger partial charge in [-0.05, 0) is 5.41 Å². The second kappa shape index (κ2) is 4.02. The van der Waals surface area contributed by atoms with Gasteiger partial charge in [0.25, 0.3) is 0 Å². The van der Waals surface area contributed by atoms with Gasteiger partial charge in [-0.1, -0.05) is 20.8 Å². The molecule has 0 aliphatic carbocycles. The molecule has 0 amide bonds. The molecule has 5 heteroatoms. The standard InChI is InChI=1S/C8H16N4S/c1-8(2,3)6(4-9)12-7-10-5-11-13-7/h5-6H,4,9H2,1-3H3,(H,10,11,12). The lowest BCUT2D eigenvalue weighted by Gasteiger charge is -2.29. The van der Waals surface area contributed by atoms with Crippen LogP contribution in [0.4, 0.5) is 5.13 Å². The third kappa shape index (κ3) is 2.93. The Morgan fingerprint density at radius 2 is 2.31 bits per heavy atom. The maximum atomic E-state index is 5.67. The van der Waals surface area contributed by atoms with Crippen molar-refractivity contribution < 1.29 is 0 Å². The van der Waals surface area contributed by atoms with E-state index in [0.717, 1.165) is 5.13 Å². The van der Waals surface area contributed by atoms with Crippen LogP contribution in [-0.2, 0) is 0 Å². The summed E-state index contributed by atoms with van der Waals surface area (Å²) in [5, 5.41) is 4.11. The zero-order valence-corrected chi connectivity index (χ0v) is 9.06. The highest BCUT2D eigenvalue weighted by atomic mass is 32.1. The molecule has 0 saturated heterocycles. The van der Waals surface area contributed by atoms with E-state index in [1.54, 1.807) is 6.33 Å². The summed E-state index contributed by atoms with van der Waals surface area (Å²) in [6, 6.07) is 0.237. The highest BCUT2D eigenvalue weighted by Crippen LogP contribution is 2.22. The number of anilines is 1. The fraction of sp³-hybridized carbons (Fsp3) is 0.750. The van der Waals surface area contributed by atoms with Gasteiger partial charge in [-0.25, -0.2) is 4.98 Å². The maximum absolute atomic E-state index is 5.67. The molecule has 13 heavy (non-hydrogen) atoms. The first-order chi connectivity index (χ1) is 6.04. The molecule has 0 radical (unpaired) electrons. The van der Waals surface area contributed by atoms with Crippen molar-refractivity contribution in [2.75, 3.05) is 11.9 Å². The molecule has 4 nitrogen and oxygen atoms in total. The molecule has 3 N–H and O–H groups in total. The quantitative estimate of drug-likeness (QED) is 0.772. The van der Waals surface area contributed by atoms with Crippen molar-refractivity contribution in [1.82, 2.24) is 9.36 Å². The van der Waals surface area contributed by atoms with Crippen LogP contribution in [-0.4, -0.2) is 21.9 Å². The Morgan fingerprint density at radius 3 is 2.69 bits per heavy atom. The fourth-order valence-corrected chi connectivity index (χ4v) is 1.50. The lowest BCUT2D eigenvalue weighted by atomic mass is 9.87. The second-order valence-electron chi connectivity index (χ2n) is 4.05. The van der Waals surface area contributed by atoms with E-state index in [2.05, 4.69) is 35.4 Å². The predicted molar refractivity (Wildman–Crippen MR) is 55.8 cm³/mol. The van der Waals surface area contributed by atoms with Gasteiger partial charge in [-0.2, -0.15) is 4.37 Å². The molecule has 74 valence electrons. The number of rotatable bonds is 3. The van der Waals surface area contributed by atoms with E-state index in [-0.39, 0.29) is 11.5 Å². The average molecular weight is 200 g/mol. The Balaban J connectivity index is 2.60. The molecule has 1 aromatic rings. The number of nitrogens with one attached hydrogen (secondary N) is 1.